The van der Waals surface area contributed by atoms with Crippen molar-refractivity contribution in [2.75, 3.05) is 6.54 Å². The van der Waals surface area contributed by atoms with Crippen LogP contribution in [0.1, 0.15) is 57.5 Å². The van der Waals surface area contributed by atoms with Gasteiger partial charge in [0.1, 0.15) is 16.8 Å². The van der Waals surface area contributed by atoms with Crippen molar-refractivity contribution in [3.63, 3.8) is 0 Å². The Balaban J connectivity index is 3.09. The standard InChI is InChI=1S/C19H25N3O6/c1-18(2,3)27-15(23)13-9-11-21-14(26-16(20)24)12(13)8-7-10-22-17(25)28-19(4,5)6/h9,11H,10H2,1-6H3,(H2,20,24)(H,22,25). The molecule has 3 N–H and O–H groups in total. The minimum atomic E-state index is -1.11. The number of nitrogens with zero attached hydrogens (tertiary/aromatic N) is 1. The summed E-state index contributed by atoms with van der Waals surface area (Å²) in [7, 11) is 0. The van der Waals surface area contributed by atoms with Crippen LogP contribution in [0, 0.1) is 11.8 Å². The zero-order chi connectivity index (χ0) is 21.5. The normalized spacial score (nSPS) is 10.9. The van der Waals surface area contributed by atoms with E-state index in [1.165, 1.54) is 12.3 Å². The van der Waals surface area contributed by atoms with Crippen LogP contribution in [0.4, 0.5) is 9.59 Å². The smallest absolute Gasteiger partial charge is 0.411 e. The van der Waals surface area contributed by atoms with Gasteiger partial charge in [-0.25, -0.2) is 19.4 Å². The lowest BCUT2D eigenvalue weighted by molar-refractivity contribution is 0.00682. The van der Waals surface area contributed by atoms with Crippen LogP contribution in [0.5, 0.6) is 5.88 Å². The number of carbonyl (C=O) groups excluding carboxylic acids is 3. The second kappa shape index (κ2) is 9.08. The van der Waals surface area contributed by atoms with Gasteiger partial charge in [-0.1, -0.05) is 11.8 Å². The number of aromatic nitrogens is 1. The van der Waals surface area contributed by atoms with Crippen LogP contribution < -0.4 is 15.8 Å². The Hall–Kier alpha value is -3.28. The molecular formula is C19H25N3O6. The van der Waals surface area contributed by atoms with Gasteiger partial charge in [0.05, 0.1) is 12.1 Å². The second-order valence-corrected chi connectivity index (χ2v) is 7.62. The SMILES string of the molecule is CC(C)(C)OC(=O)NCC#Cc1c(C(=O)OC(C)(C)C)ccnc1OC(N)=O. The van der Waals surface area contributed by atoms with E-state index in [-0.39, 0.29) is 23.6 Å². The molecule has 0 aliphatic carbocycles. The largest absolute Gasteiger partial charge is 0.456 e. The number of primary amides is 1. The molecule has 0 aliphatic heterocycles. The van der Waals surface area contributed by atoms with E-state index in [1.807, 2.05) is 0 Å². The predicted octanol–water partition coefficient (Wildman–Crippen LogP) is 2.37. The fourth-order valence-electron chi connectivity index (χ4n) is 1.80. The summed E-state index contributed by atoms with van der Waals surface area (Å²) in [5.41, 5.74) is 3.71. The van der Waals surface area contributed by atoms with Gasteiger partial charge in [0.15, 0.2) is 0 Å². The first-order chi connectivity index (χ1) is 12.8. The summed E-state index contributed by atoms with van der Waals surface area (Å²) >= 11 is 0. The summed E-state index contributed by atoms with van der Waals surface area (Å²) in [6, 6.07) is 1.38. The van der Waals surface area contributed by atoms with Gasteiger partial charge in [0.2, 0.25) is 5.88 Å². The minimum Gasteiger partial charge on any atom is -0.456 e. The van der Waals surface area contributed by atoms with Crippen molar-refractivity contribution >= 4 is 18.2 Å². The molecular weight excluding hydrogens is 366 g/mol. The molecule has 0 aliphatic rings. The molecule has 9 heteroatoms. The molecule has 0 unspecified atom stereocenters. The molecule has 28 heavy (non-hydrogen) atoms. The van der Waals surface area contributed by atoms with Gasteiger partial charge in [-0.3, -0.25) is 0 Å². The molecule has 0 aromatic carbocycles. The molecule has 1 aromatic rings. The summed E-state index contributed by atoms with van der Waals surface area (Å²) in [6.07, 6.45) is -0.487. The summed E-state index contributed by atoms with van der Waals surface area (Å²) in [5, 5.41) is 2.45. The fourth-order valence-corrected chi connectivity index (χ4v) is 1.80. The highest BCUT2D eigenvalue weighted by atomic mass is 16.6. The molecule has 0 saturated heterocycles. The third kappa shape index (κ3) is 8.40. The molecule has 1 aromatic heterocycles. The first-order valence-electron chi connectivity index (χ1n) is 8.44. The molecule has 0 bridgehead atoms. The zero-order valence-electron chi connectivity index (χ0n) is 16.8. The van der Waals surface area contributed by atoms with Crippen molar-refractivity contribution in [1.29, 1.82) is 0 Å². The Labute approximate surface area is 163 Å². The number of rotatable bonds is 3. The highest BCUT2D eigenvalue weighted by molar-refractivity contribution is 5.93. The van der Waals surface area contributed by atoms with Crippen LogP contribution in [-0.2, 0) is 9.47 Å². The monoisotopic (exact) mass is 391 g/mol. The maximum absolute atomic E-state index is 12.4. The number of amides is 2. The maximum Gasteiger partial charge on any atom is 0.411 e. The molecule has 0 spiro atoms. The van der Waals surface area contributed by atoms with Crippen LogP contribution in [0.3, 0.4) is 0 Å². The van der Waals surface area contributed by atoms with Gasteiger partial charge in [-0.05, 0) is 47.6 Å². The molecule has 0 saturated carbocycles. The lowest BCUT2D eigenvalue weighted by Crippen LogP contribution is -2.32. The van der Waals surface area contributed by atoms with Gasteiger partial charge >= 0.3 is 18.2 Å². The van der Waals surface area contributed by atoms with E-state index in [4.69, 9.17) is 19.9 Å². The number of hydrogen-bond donors (Lipinski definition) is 2. The molecule has 2 amide bonds. The minimum absolute atomic E-state index is 0.0153. The number of hydrogen-bond acceptors (Lipinski definition) is 7. The Morgan fingerprint density at radius 2 is 1.71 bits per heavy atom. The van der Waals surface area contributed by atoms with Crippen LogP contribution in [0.15, 0.2) is 12.3 Å². The van der Waals surface area contributed by atoms with E-state index in [0.29, 0.717) is 0 Å². The van der Waals surface area contributed by atoms with Gasteiger partial charge in [-0.15, -0.1) is 0 Å². The van der Waals surface area contributed by atoms with Gasteiger partial charge < -0.3 is 25.3 Å². The molecule has 1 heterocycles. The quantitative estimate of drug-likeness (QED) is 0.597. The number of alkyl carbamates (subject to hydrolysis) is 1. The molecule has 1 rings (SSSR count). The number of pyridine rings is 1. The average Bonchev–Trinajstić information content (AvgIpc) is 2.48. The Morgan fingerprint density at radius 3 is 2.25 bits per heavy atom. The summed E-state index contributed by atoms with van der Waals surface area (Å²) in [5.74, 6) is 4.40. The number of nitrogens with one attached hydrogen (secondary N) is 1. The highest BCUT2D eigenvalue weighted by Gasteiger charge is 2.23. The van der Waals surface area contributed by atoms with Gasteiger partial charge in [-0.2, -0.15) is 0 Å². The number of nitrogens with two attached hydrogens (primary N) is 1. The average molecular weight is 391 g/mol. The van der Waals surface area contributed by atoms with E-state index in [0.717, 1.165) is 0 Å². The molecule has 152 valence electrons. The van der Waals surface area contributed by atoms with Crippen molar-refractivity contribution in [2.45, 2.75) is 52.7 Å². The number of carbonyl (C=O) groups is 3. The lowest BCUT2D eigenvalue weighted by atomic mass is 10.1. The highest BCUT2D eigenvalue weighted by Crippen LogP contribution is 2.21. The maximum atomic E-state index is 12.4. The van der Waals surface area contributed by atoms with Crippen molar-refractivity contribution < 1.29 is 28.6 Å². The van der Waals surface area contributed by atoms with Crippen molar-refractivity contribution in [3.05, 3.63) is 23.4 Å². The third-order valence-corrected chi connectivity index (χ3v) is 2.67. The van der Waals surface area contributed by atoms with E-state index in [1.54, 1.807) is 41.5 Å². The van der Waals surface area contributed by atoms with Crippen LogP contribution in [0.2, 0.25) is 0 Å². The van der Waals surface area contributed by atoms with Crippen molar-refractivity contribution in [3.8, 4) is 17.7 Å². The Kier molecular flexibility index (Phi) is 7.38. The third-order valence-electron chi connectivity index (χ3n) is 2.67. The summed E-state index contributed by atoms with van der Waals surface area (Å²) in [6.45, 7) is 10.2. The molecule has 0 radical (unpaired) electrons. The van der Waals surface area contributed by atoms with Crippen molar-refractivity contribution in [1.82, 2.24) is 10.3 Å². The summed E-state index contributed by atoms with van der Waals surface area (Å²) < 4.78 is 15.2. The second-order valence-electron chi connectivity index (χ2n) is 7.62. The number of esters is 1. The number of ether oxygens (including phenoxy) is 3. The first-order valence-corrected chi connectivity index (χ1v) is 8.44. The van der Waals surface area contributed by atoms with E-state index < -0.39 is 29.4 Å². The Bertz CT molecular complexity index is 810. The molecule has 9 nitrogen and oxygen atoms in total. The predicted molar refractivity (Wildman–Crippen MR) is 101 cm³/mol. The Morgan fingerprint density at radius 1 is 1.11 bits per heavy atom. The van der Waals surface area contributed by atoms with E-state index in [2.05, 4.69) is 22.1 Å². The zero-order valence-corrected chi connectivity index (χ0v) is 16.8. The summed E-state index contributed by atoms with van der Waals surface area (Å²) in [4.78, 5) is 39.1. The fraction of sp³-hybridized carbons (Fsp3) is 0.474. The lowest BCUT2D eigenvalue weighted by Gasteiger charge is -2.20. The first kappa shape index (κ1) is 22.8. The van der Waals surface area contributed by atoms with Gasteiger partial charge in [0, 0.05) is 6.20 Å². The van der Waals surface area contributed by atoms with Gasteiger partial charge in [0.25, 0.3) is 0 Å². The van der Waals surface area contributed by atoms with Crippen LogP contribution in [0.25, 0.3) is 0 Å². The van der Waals surface area contributed by atoms with Crippen LogP contribution in [-0.4, -0.2) is 40.9 Å². The molecule has 0 fully saturated rings. The van der Waals surface area contributed by atoms with Crippen LogP contribution >= 0.6 is 0 Å². The van der Waals surface area contributed by atoms with E-state index >= 15 is 0 Å². The van der Waals surface area contributed by atoms with E-state index in [9.17, 15) is 14.4 Å². The van der Waals surface area contributed by atoms with Crippen molar-refractivity contribution in [2.24, 2.45) is 5.73 Å². The molecule has 0 atom stereocenters. The topological polar surface area (TPSA) is 130 Å².